The van der Waals surface area contributed by atoms with Gasteiger partial charge in [-0.25, -0.2) is 4.39 Å². The molecule has 20 heavy (non-hydrogen) atoms. The van der Waals surface area contributed by atoms with Crippen molar-refractivity contribution in [3.05, 3.63) is 35.1 Å². The fraction of sp³-hybridized carbons (Fsp3) is 0.647. The Labute approximate surface area is 123 Å². The lowest BCUT2D eigenvalue weighted by atomic mass is 9.99. The minimum atomic E-state index is -0.135. The van der Waals surface area contributed by atoms with E-state index >= 15 is 0 Å². The van der Waals surface area contributed by atoms with Crippen LogP contribution in [0.1, 0.15) is 38.3 Å². The van der Waals surface area contributed by atoms with Crippen molar-refractivity contribution in [2.24, 2.45) is 0 Å². The Morgan fingerprint density at radius 1 is 1.20 bits per heavy atom. The zero-order valence-electron chi connectivity index (χ0n) is 13.4. The summed E-state index contributed by atoms with van der Waals surface area (Å²) in [5.74, 6) is -0.135. The maximum Gasteiger partial charge on any atom is 0.123 e. The number of aryl methyl sites for hydroxylation is 1. The van der Waals surface area contributed by atoms with Crippen LogP contribution in [0.3, 0.4) is 0 Å². The lowest BCUT2D eigenvalue weighted by Gasteiger charge is -2.24. The van der Waals surface area contributed by atoms with Crippen molar-refractivity contribution >= 4 is 0 Å². The monoisotopic (exact) mass is 280 g/mol. The van der Waals surface area contributed by atoms with Crippen LogP contribution in [0.4, 0.5) is 4.39 Å². The Balaban J connectivity index is 2.64. The summed E-state index contributed by atoms with van der Waals surface area (Å²) in [5.41, 5.74) is 2.30. The Bertz CT molecular complexity index is 389. The predicted octanol–water partition coefficient (Wildman–Crippen LogP) is 3.39. The van der Waals surface area contributed by atoms with Crippen LogP contribution in [0.5, 0.6) is 0 Å². The molecule has 1 unspecified atom stereocenters. The first-order chi connectivity index (χ1) is 9.60. The van der Waals surface area contributed by atoms with Crippen LogP contribution < -0.4 is 5.32 Å². The van der Waals surface area contributed by atoms with Crippen molar-refractivity contribution < 1.29 is 4.39 Å². The molecule has 114 valence electrons. The molecule has 1 aromatic carbocycles. The van der Waals surface area contributed by atoms with Crippen molar-refractivity contribution in [2.75, 3.05) is 26.2 Å². The maximum atomic E-state index is 13.4. The summed E-state index contributed by atoms with van der Waals surface area (Å²) in [7, 11) is 0. The number of hydrogen-bond acceptors (Lipinski definition) is 2. The molecule has 0 radical (unpaired) electrons. The fourth-order valence-electron chi connectivity index (χ4n) is 2.57. The van der Waals surface area contributed by atoms with E-state index in [1.54, 1.807) is 6.07 Å². The Morgan fingerprint density at radius 3 is 2.50 bits per heavy atom. The third kappa shape index (κ3) is 5.59. The average Bonchev–Trinajstić information content (AvgIpc) is 2.44. The number of nitrogens with one attached hydrogen (secondary N) is 1. The van der Waals surface area contributed by atoms with E-state index in [0.29, 0.717) is 6.04 Å². The van der Waals surface area contributed by atoms with Gasteiger partial charge >= 0.3 is 0 Å². The minimum absolute atomic E-state index is 0.135. The summed E-state index contributed by atoms with van der Waals surface area (Å²) >= 11 is 0. The third-order valence-electron chi connectivity index (χ3n) is 3.96. The van der Waals surface area contributed by atoms with Gasteiger partial charge in [-0.15, -0.1) is 0 Å². The van der Waals surface area contributed by atoms with Gasteiger partial charge in [0.2, 0.25) is 0 Å². The van der Waals surface area contributed by atoms with Gasteiger partial charge in [-0.1, -0.05) is 26.8 Å². The second-order valence-electron chi connectivity index (χ2n) is 5.35. The summed E-state index contributed by atoms with van der Waals surface area (Å²) in [5, 5.41) is 3.53. The zero-order valence-corrected chi connectivity index (χ0v) is 13.4. The molecule has 0 amide bonds. The average molecular weight is 280 g/mol. The molecule has 2 nitrogen and oxygen atoms in total. The normalized spacial score (nSPS) is 12.9. The Kier molecular flexibility index (Phi) is 7.78. The highest BCUT2D eigenvalue weighted by molar-refractivity contribution is 5.27. The number of nitrogens with zero attached hydrogens (tertiary/aromatic N) is 1. The molecular weight excluding hydrogens is 251 g/mol. The number of likely N-dealkylation sites (N-methyl/N-ethyl adjacent to an activating group) is 1. The lowest BCUT2D eigenvalue weighted by Crippen LogP contribution is -2.36. The van der Waals surface area contributed by atoms with E-state index in [1.807, 2.05) is 6.07 Å². The van der Waals surface area contributed by atoms with Crippen LogP contribution in [0.25, 0.3) is 0 Å². The molecule has 3 heteroatoms. The number of rotatable bonds is 9. The lowest BCUT2D eigenvalue weighted by molar-refractivity contribution is 0.281. The van der Waals surface area contributed by atoms with Crippen molar-refractivity contribution in [1.82, 2.24) is 10.2 Å². The molecule has 0 saturated heterocycles. The first-order valence-corrected chi connectivity index (χ1v) is 7.81. The standard InChI is InChI=1S/C17H29FN2/c1-5-19-17(10-11-20(6-2)7-3)13-15-12-16(18)9-8-14(15)4/h8-9,12,17,19H,5-7,10-11,13H2,1-4H3. The van der Waals surface area contributed by atoms with Gasteiger partial charge < -0.3 is 10.2 Å². The highest BCUT2D eigenvalue weighted by Gasteiger charge is 2.12. The first kappa shape index (κ1) is 17.1. The zero-order chi connectivity index (χ0) is 15.0. The van der Waals surface area contributed by atoms with E-state index in [9.17, 15) is 4.39 Å². The molecule has 0 aromatic heterocycles. The topological polar surface area (TPSA) is 15.3 Å². The van der Waals surface area contributed by atoms with Crippen molar-refractivity contribution in [2.45, 2.75) is 46.6 Å². The van der Waals surface area contributed by atoms with Gasteiger partial charge in [0, 0.05) is 6.04 Å². The number of hydrogen-bond donors (Lipinski definition) is 1. The molecule has 1 atom stereocenters. The van der Waals surface area contributed by atoms with Gasteiger partial charge in [0.15, 0.2) is 0 Å². The second-order valence-corrected chi connectivity index (χ2v) is 5.35. The SMILES string of the molecule is CCNC(CCN(CC)CC)Cc1cc(F)ccc1C. The third-order valence-corrected chi connectivity index (χ3v) is 3.96. The highest BCUT2D eigenvalue weighted by atomic mass is 19.1. The quantitative estimate of drug-likeness (QED) is 0.746. The smallest absolute Gasteiger partial charge is 0.123 e. The second kappa shape index (κ2) is 9.09. The molecule has 0 aliphatic heterocycles. The Morgan fingerprint density at radius 2 is 1.90 bits per heavy atom. The van der Waals surface area contributed by atoms with Crippen LogP contribution in [0.15, 0.2) is 18.2 Å². The molecule has 1 rings (SSSR count). The summed E-state index contributed by atoms with van der Waals surface area (Å²) in [4.78, 5) is 2.43. The van der Waals surface area contributed by atoms with Crippen LogP contribution in [0.2, 0.25) is 0 Å². The summed E-state index contributed by atoms with van der Waals surface area (Å²) in [6.45, 7) is 12.8. The van der Waals surface area contributed by atoms with E-state index in [-0.39, 0.29) is 5.82 Å². The maximum absolute atomic E-state index is 13.4. The van der Waals surface area contributed by atoms with E-state index in [1.165, 1.54) is 11.6 Å². The minimum Gasteiger partial charge on any atom is -0.314 e. The fourth-order valence-corrected chi connectivity index (χ4v) is 2.57. The number of benzene rings is 1. The molecule has 0 spiro atoms. The van der Waals surface area contributed by atoms with Gasteiger partial charge in [-0.3, -0.25) is 0 Å². The highest BCUT2D eigenvalue weighted by Crippen LogP contribution is 2.14. The molecule has 0 aliphatic rings. The molecule has 1 aromatic rings. The van der Waals surface area contributed by atoms with E-state index < -0.39 is 0 Å². The molecular formula is C17H29FN2. The molecule has 0 aliphatic carbocycles. The predicted molar refractivity (Wildman–Crippen MR) is 84.7 cm³/mol. The molecule has 1 N–H and O–H groups in total. The summed E-state index contributed by atoms with van der Waals surface area (Å²) in [6.07, 6.45) is 2.00. The molecule has 0 saturated carbocycles. The van der Waals surface area contributed by atoms with Crippen LogP contribution in [-0.4, -0.2) is 37.1 Å². The van der Waals surface area contributed by atoms with E-state index in [2.05, 4.69) is 37.9 Å². The van der Waals surface area contributed by atoms with E-state index in [0.717, 1.165) is 44.6 Å². The molecule has 0 fully saturated rings. The summed E-state index contributed by atoms with van der Waals surface area (Å²) in [6, 6.07) is 5.51. The van der Waals surface area contributed by atoms with Crippen molar-refractivity contribution in [3.8, 4) is 0 Å². The van der Waals surface area contributed by atoms with Crippen molar-refractivity contribution in [3.63, 3.8) is 0 Å². The van der Waals surface area contributed by atoms with E-state index in [4.69, 9.17) is 0 Å². The largest absolute Gasteiger partial charge is 0.314 e. The Hall–Kier alpha value is -0.930. The first-order valence-electron chi connectivity index (χ1n) is 7.81. The molecule has 0 bridgehead atoms. The molecule has 0 heterocycles. The van der Waals surface area contributed by atoms with Crippen LogP contribution in [-0.2, 0) is 6.42 Å². The van der Waals surface area contributed by atoms with Gasteiger partial charge in [0.25, 0.3) is 0 Å². The van der Waals surface area contributed by atoms with Gasteiger partial charge in [0.05, 0.1) is 0 Å². The van der Waals surface area contributed by atoms with Crippen LogP contribution >= 0.6 is 0 Å². The van der Waals surface area contributed by atoms with Crippen LogP contribution in [0, 0.1) is 12.7 Å². The number of halogens is 1. The van der Waals surface area contributed by atoms with Gasteiger partial charge in [-0.2, -0.15) is 0 Å². The van der Waals surface area contributed by atoms with Crippen molar-refractivity contribution in [1.29, 1.82) is 0 Å². The van der Waals surface area contributed by atoms with Gasteiger partial charge in [-0.05, 0) is 69.2 Å². The summed E-state index contributed by atoms with van der Waals surface area (Å²) < 4.78 is 13.4. The van der Waals surface area contributed by atoms with Gasteiger partial charge in [0.1, 0.15) is 5.82 Å².